The fraction of sp³-hybridized carbons (Fsp3) is 0.596. The third-order valence-electron chi connectivity index (χ3n) is 13.6. The molecule has 83 heavy (non-hydrogen) atoms. The molecule has 2 aromatic rings. The second kappa shape index (κ2) is 22.9. The van der Waals surface area contributed by atoms with Crippen LogP contribution in [0.4, 0.5) is 132 Å². The largest absolute Gasteiger partial charge is 0.455 e. The summed E-state index contributed by atoms with van der Waals surface area (Å²) in [7, 11) is 0. The van der Waals surface area contributed by atoms with Crippen LogP contribution in [0.5, 0.6) is 0 Å². The summed E-state index contributed by atoms with van der Waals surface area (Å²) < 4.78 is 407. The van der Waals surface area contributed by atoms with Crippen LogP contribution >= 0.6 is 0 Å². The predicted octanol–water partition coefficient (Wildman–Crippen LogP) is 16.4. The van der Waals surface area contributed by atoms with Gasteiger partial charge in [0.25, 0.3) is 22.4 Å². The summed E-state index contributed by atoms with van der Waals surface area (Å²) in [6.07, 6.45) is -59.5. The zero-order chi connectivity index (χ0) is 65.2. The number of aliphatic hydroxyl groups is 2. The molecular formula is C47H40F30O6. The standard InChI is InChI=1S/C18H10F18O2.C15H22O2.C14H8F12O2/c1-2-8-3-9(13(15(25,26)27,16(28,29)30)37-6-11(19,20)21)5-10(4-8)14(17(31,32)33,18(34,35)36)38-7-12(22,23)24;1-9(2)14(16)17-15(3)12-5-10-4-11(7-12)8-13(15)6-10;1-2-6-3-7(9(27,11(15,16)17)12(18,19)20)5-8(4-6)10(28,13(21,22)23)14(24,25)26/h2-5H,1,6-7H2;10-13H,1,4-8H2,2-3H3;2-5,27-28H,1H2. The second-order valence-corrected chi connectivity index (χ2v) is 19.3. The van der Waals surface area contributed by atoms with E-state index in [1.54, 1.807) is 6.92 Å². The molecule has 4 aliphatic carbocycles. The highest BCUT2D eigenvalue weighted by molar-refractivity contribution is 5.87. The molecule has 0 aromatic heterocycles. The maximum absolute atomic E-state index is 13.7. The van der Waals surface area contributed by atoms with E-state index in [2.05, 4.69) is 36.1 Å². The number of ether oxygens (including phenoxy) is 3. The number of esters is 1. The molecule has 6 rings (SSSR count). The second-order valence-electron chi connectivity index (χ2n) is 19.3. The Hall–Kier alpha value is -5.13. The van der Waals surface area contributed by atoms with Crippen LogP contribution in [-0.2, 0) is 41.4 Å². The molecule has 4 saturated carbocycles. The molecule has 36 heteroatoms. The fourth-order valence-corrected chi connectivity index (χ4v) is 9.76. The van der Waals surface area contributed by atoms with Crippen LogP contribution in [0, 0.1) is 23.7 Å². The van der Waals surface area contributed by atoms with Crippen molar-refractivity contribution in [3.05, 3.63) is 95.1 Å². The van der Waals surface area contributed by atoms with E-state index in [1.165, 1.54) is 32.1 Å². The number of carbonyl (C=O) groups excluding carboxylic acids is 1. The van der Waals surface area contributed by atoms with Gasteiger partial charge in [-0.25, -0.2) is 4.79 Å². The van der Waals surface area contributed by atoms with Crippen LogP contribution in [-0.4, -0.2) is 96.8 Å². The Morgan fingerprint density at radius 1 is 0.470 bits per heavy atom. The van der Waals surface area contributed by atoms with E-state index in [-0.39, 0.29) is 29.8 Å². The number of alkyl halides is 30. The summed E-state index contributed by atoms with van der Waals surface area (Å²) in [4.78, 5) is 11.8. The Morgan fingerprint density at radius 2 is 0.723 bits per heavy atom. The Morgan fingerprint density at radius 3 is 0.940 bits per heavy atom. The van der Waals surface area contributed by atoms with Gasteiger partial charge in [0.2, 0.25) is 0 Å². The molecule has 0 amide bonds. The third-order valence-corrected chi connectivity index (χ3v) is 13.6. The maximum Gasteiger partial charge on any atom is 0.430 e. The van der Waals surface area contributed by atoms with Crippen molar-refractivity contribution in [2.24, 2.45) is 23.7 Å². The summed E-state index contributed by atoms with van der Waals surface area (Å²) in [6, 6.07) is -3.32. The van der Waals surface area contributed by atoms with Crippen molar-refractivity contribution in [3.63, 3.8) is 0 Å². The molecule has 4 bridgehead atoms. The highest BCUT2D eigenvalue weighted by Crippen LogP contribution is 2.61. The average Bonchev–Trinajstić information content (AvgIpc) is 3.26. The number of carbonyl (C=O) groups is 1. The molecule has 0 spiro atoms. The molecule has 0 radical (unpaired) electrons. The van der Waals surface area contributed by atoms with Gasteiger partial charge in [0, 0.05) is 27.8 Å². The molecule has 474 valence electrons. The van der Waals surface area contributed by atoms with E-state index in [1.807, 2.05) is 0 Å². The van der Waals surface area contributed by atoms with Crippen LogP contribution in [0.3, 0.4) is 0 Å². The van der Waals surface area contributed by atoms with Gasteiger partial charge < -0.3 is 24.4 Å². The molecule has 2 N–H and O–H groups in total. The molecule has 0 aliphatic heterocycles. The molecule has 0 unspecified atom stereocenters. The van der Waals surface area contributed by atoms with Gasteiger partial charge in [-0.3, -0.25) is 0 Å². The number of halogens is 30. The molecule has 0 heterocycles. The molecule has 0 atom stereocenters. The normalized spacial score (nSPS) is 21.6. The minimum Gasteiger partial charge on any atom is -0.455 e. The van der Waals surface area contributed by atoms with Crippen molar-refractivity contribution in [2.75, 3.05) is 13.2 Å². The van der Waals surface area contributed by atoms with Crippen LogP contribution in [0.1, 0.15) is 79.3 Å². The highest BCUT2D eigenvalue weighted by Gasteiger charge is 2.78. The summed E-state index contributed by atoms with van der Waals surface area (Å²) in [6.45, 7) is 6.43. The molecule has 4 fully saturated rings. The van der Waals surface area contributed by atoms with Crippen LogP contribution in [0.15, 0.2) is 61.7 Å². The van der Waals surface area contributed by atoms with Gasteiger partial charge in [-0.2, -0.15) is 132 Å². The van der Waals surface area contributed by atoms with Crippen LogP contribution in [0.2, 0.25) is 0 Å². The van der Waals surface area contributed by atoms with Gasteiger partial charge in [-0.15, -0.1) is 0 Å². The average molecular weight is 1270 g/mol. The van der Waals surface area contributed by atoms with Crippen molar-refractivity contribution in [1.82, 2.24) is 0 Å². The van der Waals surface area contributed by atoms with E-state index in [0.717, 1.165) is 11.8 Å². The zero-order valence-corrected chi connectivity index (χ0v) is 41.4. The summed E-state index contributed by atoms with van der Waals surface area (Å²) >= 11 is 0. The molecule has 0 saturated heterocycles. The maximum atomic E-state index is 13.7. The molecule has 2 aromatic carbocycles. The van der Waals surface area contributed by atoms with Gasteiger partial charge in [-0.1, -0.05) is 31.9 Å². The lowest BCUT2D eigenvalue weighted by atomic mass is 9.50. The van der Waals surface area contributed by atoms with Gasteiger partial charge in [0.1, 0.15) is 18.8 Å². The Bertz CT molecular complexity index is 2430. The van der Waals surface area contributed by atoms with Gasteiger partial charge >= 0.3 is 67.7 Å². The Kier molecular flexibility index (Phi) is 19.9. The van der Waals surface area contributed by atoms with Crippen LogP contribution in [0.25, 0.3) is 12.2 Å². The topological polar surface area (TPSA) is 85.2 Å². The molecular weight excluding hydrogens is 1230 g/mol. The Balaban J connectivity index is 0.000000349. The third kappa shape index (κ3) is 14.3. The van der Waals surface area contributed by atoms with E-state index < -0.39 is 155 Å². The van der Waals surface area contributed by atoms with Crippen molar-refractivity contribution in [1.29, 1.82) is 0 Å². The fourth-order valence-electron chi connectivity index (χ4n) is 9.76. The van der Waals surface area contributed by atoms with Gasteiger partial charge in [0.05, 0.1) is 0 Å². The first-order valence-corrected chi connectivity index (χ1v) is 22.5. The first-order chi connectivity index (χ1) is 36.7. The Labute approximate surface area is 446 Å². The monoisotopic (exact) mass is 1270 g/mol. The first-order valence-electron chi connectivity index (χ1n) is 22.5. The summed E-state index contributed by atoms with van der Waals surface area (Å²) in [5.74, 6) is 2.83. The molecule has 4 aliphatic rings. The van der Waals surface area contributed by atoms with Gasteiger partial charge in [-0.05, 0) is 117 Å². The van der Waals surface area contributed by atoms with E-state index in [4.69, 9.17) is 4.74 Å². The van der Waals surface area contributed by atoms with Crippen molar-refractivity contribution in [2.45, 2.75) is 136 Å². The van der Waals surface area contributed by atoms with Crippen LogP contribution < -0.4 is 0 Å². The minimum atomic E-state index is -7.04. The van der Waals surface area contributed by atoms with Crippen molar-refractivity contribution < 1.29 is 161 Å². The summed E-state index contributed by atoms with van der Waals surface area (Å²) in [5.41, 5.74) is -36.8. The minimum absolute atomic E-state index is 0.0650. The first kappa shape index (κ1) is 72.1. The lowest BCUT2D eigenvalue weighted by molar-refractivity contribution is -0.402. The summed E-state index contributed by atoms with van der Waals surface area (Å²) in [5, 5.41) is 18.5. The highest BCUT2D eigenvalue weighted by atomic mass is 19.5. The number of benzene rings is 2. The van der Waals surface area contributed by atoms with Gasteiger partial charge in [0.15, 0.2) is 0 Å². The quantitative estimate of drug-likeness (QED) is 0.125. The van der Waals surface area contributed by atoms with E-state index >= 15 is 0 Å². The smallest absolute Gasteiger partial charge is 0.430 e. The van der Waals surface area contributed by atoms with Crippen molar-refractivity contribution in [3.8, 4) is 0 Å². The van der Waals surface area contributed by atoms with E-state index in [0.29, 0.717) is 23.5 Å². The number of rotatable bonds is 12. The number of hydrogen-bond acceptors (Lipinski definition) is 6. The predicted molar refractivity (Wildman–Crippen MR) is 223 cm³/mol. The number of hydrogen-bond donors (Lipinski definition) is 2. The van der Waals surface area contributed by atoms with E-state index in [9.17, 15) is 147 Å². The SMILES string of the molecule is C=C(C)C(=O)OC1(C)C2CC3CC(C2)CC1C3.C=Cc1cc(C(O)(C(F)(F)F)C(F)(F)F)cc(C(O)(C(F)(F)F)C(F)(F)F)c1.C=Cc1cc(C(OCC(F)(F)F)(C(F)(F)F)C(F)(F)F)cc(C(OCC(F)(F)F)(C(F)(F)F)C(F)(F)F)c1. The lowest BCUT2D eigenvalue weighted by Gasteiger charge is -2.59. The van der Waals surface area contributed by atoms with Crippen molar-refractivity contribution >= 4 is 18.1 Å². The molecule has 6 nitrogen and oxygen atoms in total. The lowest BCUT2D eigenvalue weighted by Crippen LogP contribution is -2.58. The zero-order valence-electron chi connectivity index (χ0n) is 41.4.